The summed E-state index contributed by atoms with van der Waals surface area (Å²) in [5, 5.41) is 8.22. The fraction of sp³-hybridized carbons (Fsp3) is 0.185. The van der Waals surface area contributed by atoms with Crippen molar-refractivity contribution < 1.29 is 14.3 Å². The van der Waals surface area contributed by atoms with Gasteiger partial charge in [-0.3, -0.25) is 20.0 Å². The van der Waals surface area contributed by atoms with Gasteiger partial charge in [-0.15, -0.1) is 0 Å². The van der Waals surface area contributed by atoms with Crippen molar-refractivity contribution in [2.75, 3.05) is 6.61 Å². The first kappa shape index (κ1) is 27.1. The second-order valence-electron chi connectivity index (χ2n) is 8.39. The van der Waals surface area contributed by atoms with Gasteiger partial charge in [-0.1, -0.05) is 53.5 Å². The van der Waals surface area contributed by atoms with Crippen LogP contribution in [0.4, 0.5) is 0 Å². The number of hydrogen-bond donors (Lipinski definition) is 3. The molecule has 2 aromatic carbocycles. The Morgan fingerprint density at radius 2 is 1.84 bits per heavy atom. The lowest BCUT2D eigenvalue weighted by Gasteiger charge is -2.17. The maximum Gasteiger partial charge on any atom is 0.256 e. The van der Waals surface area contributed by atoms with Crippen molar-refractivity contribution in [1.29, 1.82) is 0 Å². The van der Waals surface area contributed by atoms with E-state index >= 15 is 0 Å². The van der Waals surface area contributed by atoms with Crippen LogP contribution >= 0.6 is 23.2 Å². The molecule has 0 fully saturated rings. The lowest BCUT2D eigenvalue weighted by molar-refractivity contribution is -0.129. The molecule has 0 aliphatic heterocycles. The summed E-state index contributed by atoms with van der Waals surface area (Å²) in [7, 11) is 0. The number of amides is 2. The number of benzene rings is 2. The molecule has 0 aliphatic rings. The van der Waals surface area contributed by atoms with E-state index < -0.39 is 11.9 Å². The Bertz CT molecular complexity index is 1380. The number of nitrogens with zero attached hydrogens (tertiary/aromatic N) is 3. The third kappa shape index (κ3) is 7.10. The highest BCUT2D eigenvalue weighted by Gasteiger charge is 2.20. The first-order chi connectivity index (χ1) is 18.4. The van der Waals surface area contributed by atoms with Crippen LogP contribution in [0.15, 0.2) is 79.1 Å². The van der Waals surface area contributed by atoms with E-state index in [4.69, 9.17) is 33.8 Å². The largest absolute Gasteiger partial charge is 0.478 e. The van der Waals surface area contributed by atoms with E-state index in [9.17, 15) is 9.59 Å². The molecular formula is C27H26Cl2N6O3. The van der Waals surface area contributed by atoms with Gasteiger partial charge < -0.3 is 10.1 Å². The highest BCUT2D eigenvalue weighted by Crippen LogP contribution is 2.29. The Hall–Kier alpha value is -3.92. The number of carbonyl (C=O) groups is 2. The minimum atomic E-state index is -0.783. The van der Waals surface area contributed by atoms with E-state index in [-0.39, 0.29) is 18.9 Å². The first-order valence-electron chi connectivity index (χ1n) is 11.9. The third-order valence-electron chi connectivity index (χ3n) is 5.66. The number of hydrazine groups is 1. The van der Waals surface area contributed by atoms with Crippen LogP contribution in [-0.4, -0.2) is 39.2 Å². The SMILES string of the molecule is NNC(=O)[C@H](Cc1ccccc1)NC(=O)CCCOc1cc(-c2cccnc2)nn1-c1ccc(Cl)c(Cl)c1. The molecule has 0 spiro atoms. The Morgan fingerprint density at radius 3 is 2.55 bits per heavy atom. The molecule has 38 heavy (non-hydrogen) atoms. The molecule has 0 bridgehead atoms. The van der Waals surface area contributed by atoms with Crippen molar-refractivity contribution >= 4 is 35.0 Å². The minimum absolute atomic E-state index is 0.152. The van der Waals surface area contributed by atoms with Crippen LogP contribution in [0.5, 0.6) is 5.88 Å². The van der Waals surface area contributed by atoms with E-state index in [0.29, 0.717) is 40.1 Å². The molecule has 0 unspecified atom stereocenters. The molecule has 4 rings (SSSR count). The van der Waals surface area contributed by atoms with Gasteiger partial charge >= 0.3 is 0 Å². The van der Waals surface area contributed by atoms with Crippen molar-refractivity contribution in [1.82, 2.24) is 25.5 Å². The molecule has 0 radical (unpaired) electrons. The van der Waals surface area contributed by atoms with Crippen LogP contribution < -0.4 is 21.3 Å². The average Bonchev–Trinajstić information content (AvgIpc) is 3.37. The molecule has 4 aromatic rings. The summed E-state index contributed by atoms with van der Waals surface area (Å²) in [4.78, 5) is 28.9. The third-order valence-corrected chi connectivity index (χ3v) is 6.40. The van der Waals surface area contributed by atoms with Gasteiger partial charge in [0, 0.05) is 36.9 Å². The number of hydrogen-bond acceptors (Lipinski definition) is 6. The van der Waals surface area contributed by atoms with E-state index in [1.54, 1.807) is 41.3 Å². The molecule has 2 amide bonds. The maximum atomic E-state index is 12.6. The number of rotatable bonds is 11. The number of pyridine rings is 1. The summed E-state index contributed by atoms with van der Waals surface area (Å²) in [6.07, 6.45) is 4.27. The van der Waals surface area contributed by atoms with Crippen molar-refractivity contribution in [2.45, 2.75) is 25.3 Å². The van der Waals surface area contributed by atoms with Crippen LogP contribution in [0.2, 0.25) is 10.0 Å². The minimum Gasteiger partial charge on any atom is -0.478 e. The monoisotopic (exact) mass is 552 g/mol. The van der Waals surface area contributed by atoms with E-state index in [0.717, 1.165) is 11.1 Å². The highest BCUT2D eigenvalue weighted by atomic mass is 35.5. The summed E-state index contributed by atoms with van der Waals surface area (Å²) < 4.78 is 7.63. The molecule has 9 nitrogen and oxygen atoms in total. The van der Waals surface area contributed by atoms with Gasteiger partial charge in [0.25, 0.3) is 5.91 Å². The van der Waals surface area contributed by atoms with Gasteiger partial charge in [0.15, 0.2) is 0 Å². The summed E-state index contributed by atoms with van der Waals surface area (Å²) in [6, 6.07) is 19.3. The molecule has 0 aliphatic carbocycles. The molecule has 2 heterocycles. The lowest BCUT2D eigenvalue weighted by atomic mass is 10.1. The summed E-state index contributed by atoms with van der Waals surface area (Å²) >= 11 is 12.3. The predicted molar refractivity (Wildman–Crippen MR) is 146 cm³/mol. The van der Waals surface area contributed by atoms with Gasteiger partial charge in [0.2, 0.25) is 11.8 Å². The zero-order valence-corrected chi connectivity index (χ0v) is 21.8. The molecule has 4 N–H and O–H groups in total. The van der Waals surface area contributed by atoms with Gasteiger partial charge in [-0.2, -0.15) is 5.10 Å². The van der Waals surface area contributed by atoms with Gasteiger partial charge in [-0.25, -0.2) is 10.5 Å². The second-order valence-corrected chi connectivity index (χ2v) is 9.20. The standard InChI is InChI=1S/C27H26Cl2N6O3/c28-21-11-10-20(15-22(21)29)35-26(16-23(34-35)19-8-4-12-31-17-19)38-13-5-9-25(36)32-24(27(37)33-30)14-18-6-2-1-3-7-18/h1-4,6-8,10-12,15-17,24H,5,9,13-14,30H2,(H,32,36)(H,33,37)/t24-/m0/s1. The number of carbonyl (C=O) groups excluding carboxylic acids is 2. The number of nitrogens with two attached hydrogens (primary N) is 1. The molecule has 0 saturated heterocycles. The smallest absolute Gasteiger partial charge is 0.256 e. The number of nitrogens with one attached hydrogen (secondary N) is 2. The van der Waals surface area contributed by atoms with Crippen molar-refractivity contribution in [3.8, 4) is 22.8 Å². The van der Waals surface area contributed by atoms with Gasteiger partial charge in [-0.05, 0) is 42.3 Å². The fourth-order valence-corrected chi connectivity index (χ4v) is 4.05. The highest BCUT2D eigenvalue weighted by molar-refractivity contribution is 6.42. The second kappa shape index (κ2) is 13.0. The fourth-order valence-electron chi connectivity index (χ4n) is 3.76. The molecule has 0 saturated carbocycles. The summed E-state index contributed by atoms with van der Waals surface area (Å²) in [6.45, 7) is 0.235. The van der Waals surface area contributed by atoms with Crippen molar-refractivity contribution in [2.24, 2.45) is 5.84 Å². The van der Waals surface area contributed by atoms with Gasteiger partial charge in [0.05, 0.1) is 28.0 Å². The average molecular weight is 553 g/mol. The Balaban J connectivity index is 1.40. The number of aromatic nitrogens is 3. The number of ether oxygens (including phenoxy) is 1. The topological polar surface area (TPSA) is 124 Å². The quantitative estimate of drug-likeness (QED) is 0.111. The summed E-state index contributed by atoms with van der Waals surface area (Å²) in [5.41, 5.74) is 5.17. The predicted octanol–water partition coefficient (Wildman–Crippen LogP) is 4.12. The van der Waals surface area contributed by atoms with E-state index in [1.165, 1.54) is 0 Å². The van der Waals surface area contributed by atoms with Crippen molar-refractivity contribution in [3.05, 3.63) is 94.7 Å². The normalized spacial score (nSPS) is 11.6. The zero-order chi connectivity index (χ0) is 26.9. The van der Waals surface area contributed by atoms with Crippen LogP contribution in [0.1, 0.15) is 18.4 Å². The molecule has 11 heteroatoms. The van der Waals surface area contributed by atoms with Gasteiger partial charge in [0.1, 0.15) is 6.04 Å². The summed E-state index contributed by atoms with van der Waals surface area (Å²) in [5.74, 6) is 5.03. The molecule has 1 atom stereocenters. The zero-order valence-electron chi connectivity index (χ0n) is 20.3. The van der Waals surface area contributed by atoms with E-state index in [1.807, 2.05) is 42.5 Å². The van der Waals surface area contributed by atoms with Crippen LogP contribution in [0.3, 0.4) is 0 Å². The lowest BCUT2D eigenvalue weighted by Crippen LogP contribution is -2.50. The Kier molecular flexibility index (Phi) is 9.31. The Labute approximate surface area is 229 Å². The molecule has 196 valence electrons. The molecular weight excluding hydrogens is 527 g/mol. The molecule has 2 aromatic heterocycles. The van der Waals surface area contributed by atoms with Crippen LogP contribution in [0.25, 0.3) is 16.9 Å². The van der Waals surface area contributed by atoms with E-state index in [2.05, 4.69) is 20.8 Å². The first-order valence-corrected chi connectivity index (χ1v) is 12.6. The van der Waals surface area contributed by atoms with Crippen LogP contribution in [-0.2, 0) is 16.0 Å². The Morgan fingerprint density at radius 1 is 1.03 bits per heavy atom. The number of halogens is 2. The van der Waals surface area contributed by atoms with Crippen molar-refractivity contribution in [3.63, 3.8) is 0 Å². The maximum absolute atomic E-state index is 12.6. The van der Waals surface area contributed by atoms with Crippen LogP contribution in [0, 0.1) is 0 Å².